The maximum atomic E-state index is 12.1. The highest BCUT2D eigenvalue weighted by Gasteiger charge is 2.30. The van der Waals surface area contributed by atoms with Gasteiger partial charge in [0.05, 0.1) is 6.04 Å². The Morgan fingerprint density at radius 2 is 1.76 bits per heavy atom. The van der Waals surface area contributed by atoms with Crippen molar-refractivity contribution in [1.29, 1.82) is 0 Å². The van der Waals surface area contributed by atoms with Crippen molar-refractivity contribution in [2.45, 2.75) is 38.9 Å². The fourth-order valence-corrected chi connectivity index (χ4v) is 2.21. The molecule has 1 amide bonds. The van der Waals surface area contributed by atoms with Crippen molar-refractivity contribution in [3.05, 3.63) is 35.9 Å². The summed E-state index contributed by atoms with van der Waals surface area (Å²) in [5, 5.41) is 2.55. The van der Waals surface area contributed by atoms with Crippen LogP contribution in [0.3, 0.4) is 0 Å². The second kappa shape index (κ2) is 7.90. The maximum absolute atomic E-state index is 12.1. The number of hydrogen-bond donors (Lipinski definition) is 1. The number of halogens is 3. The molecule has 0 aliphatic rings. The molecule has 1 aromatic carbocycles. The first-order chi connectivity index (χ1) is 9.87. The third-order valence-corrected chi connectivity index (χ3v) is 3.32. The van der Waals surface area contributed by atoms with E-state index < -0.39 is 18.9 Å². The second-order valence-electron chi connectivity index (χ2n) is 4.80. The molecule has 0 aliphatic carbocycles. The van der Waals surface area contributed by atoms with Crippen LogP contribution in [-0.2, 0) is 4.74 Å². The quantitative estimate of drug-likeness (QED) is 0.843. The van der Waals surface area contributed by atoms with E-state index in [1.807, 2.05) is 44.2 Å². The van der Waals surface area contributed by atoms with E-state index in [2.05, 4.69) is 10.1 Å². The summed E-state index contributed by atoms with van der Waals surface area (Å²) >= 11 is 0. The van der Waals surface area contributed by atoms with Crippen molar-refractivity contribution in [3.63, 3.8) is 0 Å². The van der Waals surface area contributed by atoms with E-state index >= 15 is 0 Å². The van der Waals surface area contributed by atoms with Gasteiger partial charge in [-0.25, -0.2) is 4.79 Å². The molecule has 0 saturated carbocycles. The Hall–Kier alpha value is -1.72. The molecule has 0 fully saturated rings. The van der Waals surface area contributed by atoms with Crippen LogP contribution in [-0.4, -0.2) is 18.9 Å². The van der Waals surface area contributed by atoms with Gasteiger partial charge in [0.15, 0.2) is 6.61 Å². The average Bonchev–Trinajstić information content (AvgIpc) is 2.45. The number of nitrogens with one attached hydrogen (secondary N) is 1. The predicted molar refractivity (Wildman–Crippen MR) is 73.8 cm³/mol. The fourth-order valence-electron chi connectivity index (χ4n) is 2.21. The van der Waals surface area contributed by atoms with Gasteiger partial charge in [-0.05, 0) is 11.5 Å². The summed E-state index contributed by atoms with van der Waals surface area (Å²) in [6.45, 7) is 2.38. The van der Waals surface area contributed by atoms with Crippen molar-refractivity contribution >= 4 is 6.09 Å². The zero-order valence-corrected chi connectivity index (χ0v) is 12.1. The van der Waals surface area contributed by atoms with Crippen molar-refractivity contribution < 1.29 is 22.7 Å². The molecule has 0 bridgehead atoms. The molecule has 0 aromatic heterocycles. The summed E-state index contributed by atoms with van der Waals surface area (Å²) in [5.41, 5.74) is 0.857. The van der Waals surface area contributed by atoms with Gasteiger partial charge in [-0.3, -0.25) is 0 Å². The summed E-state index contributed by atoms with van der Waals surface area (Å²) in [5.74, 6) is 0.130. The Morgan fingerprint density at radius 1 is 1.19 bits per heavy atom. The van der Waals surface area contributed by atoms with Gasteiger partial charge in [0.1, 0.15) is 0 Å². The third-order valence-electron chi connectivity index (χ3n) is 3.32. The molecule has 0 spiro atoms. The van der Waals surface area contributed by atoms with Gasteiger partial charge in [0.25, 0.3) is 0 Å². The number of amides is 1. The number of alkyl carbamates (subject to hydrolysis) is 1. The van der Waals surface area contributed by atoms with Crippen LogP contribution in [0.2, 0.25) is 0 Å². The molecule has 0 saturated heterocycles. The molecular weight excluding hydrogens is 283 g/mol. The lowest BCUT2D eigenvalue weighted by molar-refractivity contribution is -0.160. The number of rotatable bonds is 6. The van der Waals surface area contributed by atoms with Gasteiger partial charge in [0, 0.05) is 0 Å². The Balaban J connectivity index is 2.76. The van der Waals surface area contributed by atoms with Gasteiger partial charge in [0.2, 0.25) is 0 Å². The van der Waals surface area contributed by atoms with E-state index in [1.165, 1.54) is 0 Å². The molecule has 6 heteroatoms. The van der Waals surface area contributed by atoms with E-state index in [9.17, 15) is 18.0 Å². The van der Waals surface area contributed by atoms with E-state index in [4.69, 9.17) is 0 Å². The lowest BCUT2D eigenvalue weighted by Crippen LogP contribution is -2.35. The first-order valence-electron chi connectivity index (χ1n) is 6.92. The lowest BCUT2D eigenvalue weighted by atomic mass is 9.89. The van der Waals surface area contributed by atoms with Crippen LogP contribution in [0, 0.1) is 5.92 Å². The smallest absolute Gasteiger partial charge is 0.422 e. The van der Waals surface area contributed by atoms with Crippen LogP contribution in [0.4, 0.5) is 18.0 Å². The number of alkyl halides is 3. The maximum Gasteiger partial charge on any atom is 0.422 e. The molecule has 1 rings (SSSR count). The van der Waals surface area contributed by atoms with Crippen LogP contribution in [0.25, 0.3) is 0 Å². The van der Waals surface area contributed by atoms with Gasteiger partial charge in [-0.15, -0.1) is 0 Å². The standard InChI is InChI=1S/C15H20F3NO2/c1-3-11(4-2)13(12-8-6-5-7-9-12)19-14(20)21-10-15(16,17)18/h5-9,11,13H,3-4,10H2,1-2H3,(H,19,20). The monoisotopic (exact) mass is 303 g/mol. The van der Waals surface area contributed by atoms with Crippen molar-refractivity contribution in [3.8, 4) is 0 Å². The Morgan fingerprint density at radius 3 is 2.24 bits per heavy atom. The molecule has 21 heavy (non-hydrogen) atoms. The number of carbonyl (C=O) groups is 1. The predicted octanol–water partition coefficient (Wildman–Crippen LogP) is 4.45. The minimum absolute atomic E-state index is 0.130. The molecule has 1 N–H and O–H groups in total. The SMILES string of the molecule is CCC(CC)C(NC(=O)OCC(F)(F)F)c1ccccc1. The van der Waals surface area contributed by atoms with Gasteiger partial charge >= 0.3 is 12.3 Å². The Kier molecular flexibility index (Phi) is 6.52. The molecule has 118 valence electrons. The fraction of sp³-hybridized carbons (Fsp3) is 0.533. The molecule has 0 radical (unpaired) electrons. The minimum atomic E-state index is -4.52. The molecule has 1 aromatic rings. The third kappa shape index (κ3) is 6.06. The van der Waals surface area contributed by atoms with Gasteiger partial charge in [-0.2, -0.15) is 13.2 Å². The number of ether oxygens (including phenoxy) is 1. The zero-order valence-electron chi connectivity index (χ0n) is 12.1. The van der Waals surface area contributed by atoms with Crippen LogP contribution >= 0.6 is 0 Å². The normalized spacial score (nSPS) is 13.0. The summed E-state index contributed by atoms with van der Waals surface area (Å²) in [6.07, 6.45) is -3.97. The number of carbonyl (C=O) groups excluding carboxylic acids is 1. The van der Waals surface area contributed by atoms with Crippen LogP contribution in [0.1, 0.15) is 38.3 Å². The van der Waals surface area contributed by atoms with E-state index in [0.717, 1.165) is 18.4 Å². The van der Waals surface area contributed by atoms with Crippen molar-refractivity contribution in [2.75, 3.05) is 6.61 Å². The topological polar surface area (TPSA) is 38.3 Å². The van der Waals surface area contributed by atoms with Crippen molar-refractivity contribution in [1.82, 2.24) is 5.32 Å². The largest absolute Gasteiger partial charge is 0.440 e. The minimum Gasteiger partial charge on any atom is -0.440 e. The highest BCUT2D eigenvalue weighted by molar-refractivity contribution is 5.68. The van der Waals surface area contributed by atoms with Crippen LogP contribution in [0.5, 0.6) is 0 Å². The highest BCUT2D eigenvalue weighted by Crippen LogP contribution is 2.27. The van der Waals surface area contributed by atoms with Crippen LogP contribution < -0.4 is 5.32 Å². The number of hydrogen-bond acceptors (Lipinski definition) is 2. The van der Waals surface area contributed by atoms with Crippen LogP contribution in [0.15, 0.2) is 30.3 Å². The lowest BCUT2D eigenvalue weighted by Gasteiger charge is -2.26. The van der Waals surface area contributed by atoms with E-state index in [-0.39, 0.29) is 12.0 Å². The first-order valence-corrected chi connectivity index (χ1v) is 6.92. The molecule has 1 unspecified atom stereocenters. The molecular formula is C15H20F3NO2. The zero-order chi connectivity index (χ0) is 15.9. The average molecular weight is 303 g/mol. The van der Waals surface area contributed by atoms with Gasteiger partial charge < -0.3 is 10.1 Å². The molecule has 1 atom stereocenters. The Bertz CT molecular complexity index is 430. The summed E-state index contributed by atoms with van der Waals surface area (Å²) in [4.78, 5) is 11.6. The summed E-state index contributed by atoms with van der Waals surface area (Å²) < 4.78 is 40.4. The van der Waals surface area contributed by atoms with Crippen molar-refractivity contribution in [2.24, 2.45) is 5.92 Å². The summed E-state index contributed by atoms with van der Waals surface area (Å²) in [6, 6.07) is 8.82. The number of benzene rings is 1. The van der Waals surface area contributed by atoms with E-state index in [1.54, 1.807) is 0 Å². The summed E-state index contributed by atoms with van der Waals surface area (Å²) in [7, 11) is 0. The molecule has 0 aliphatic heterocycles. The van der Waals surface area contributed by atoms with E-state index in [0.29, 0.717) is 0 Å². The van der Waals surface area contributed by atoms with Gasteiger partial charge in [-0.1, -0.05) is 57.0 Å². The second-order valence-corrected chi connectivity index (χ2v) is 4.80. The first kappa shape index (κ1) is 17.3. The Labute approximate surface area is 122 Å². The molecule has 0 heterocycles. The molecule has 3 nitrogen and oxygen atoms in total. The highest BCUT2D eigenvalue weighted by atomic mass is 19.4.